The average molecular weight is 295 g/mol. The summed E-state index contributed by atoms with van der Waals surface area (Å²) in [6, 6.07) is 3.70. The van der Waals surface area contributed by atoms with Crippen LogP contribution in [0.5, 0.6) is 0 Å². The van der Waals surface area contributed by atoms with E-state index in [1.807, 2.05) is 6.92 Å². The van der Waals surface area contributed by atoms with Crippen LogP contribution in [0.15, 0.2) is 23.2 Å². The molecule has 1 aromatic carbocycles. The highest BCUT2D eigenvalue weighted by molar-refractivity contribution is 8.15. The summed E-state index contributed by atoms with van der Waals surface area (Å²) in [6.07, 6.45) is -4.44. The Morgan fingerprint density at radius 2 is 2.17 bits per heavy atom. The van der Waals surface area contributed by atoms with Crippen LogP contribution in [0.25, 0.3) is 0 Å². The monoisotopic (exact) mass is 294 g/mol. The first-order valence-corrected chi connectivity index (χ1v) is 6.47. The predicted octanol–water partition coefficient (Wildman–Crippen LogP) is 4.26. The number of benzene rings is 1. The highest BCUT2D eigenvalue weighted by Gasteiger charge is 2.35. The molecule has 0 aliphatic carbocycles. The van der Waals surface area contributed by atoms with E-state index in [0.717, 1.165) is 6.07 Å². The summed E-state index contributed by atoms with van der Waals surface area (Å²) in [6.45, 7) is 2.55. The fourth-order valence-electron chi connectivity index (χ4n) is 1.54. The lowest BCUT2D eigenvalue weighted by molar-refractivity contribution is -0.136. The Balaban J connectivity index is 2.32. The second-order valence-corrected chi connectivity index (χ2v) is 5.69. The molecule has 1 atom stereocenters. The molecule has 0 fully saturated rings. The van der Waals surface area contributed by atoms with Crippen molar-refractivity contribution in [2.24, 2.45) is 4.99 Å². The Labute approximate surface area is 112 Å². The number of nitrogens with zero attached hydrogens (tertiary/aromatic N) is 1. The molecule has 7 heteroatoms. The van der Waals surface area contributed by atoms with Crippen molar-refractivity contribution in [2.75, 3.05) is 11.9 Å². The molecule has 0 bridgehead atoms. The summed E-state index contributed by atoms with van der Waals surface area (Å²) < 4.78 is 38.5. The van der Waals surface area contributed by atoms with E-state index in [4.69, 9.17) is 11.6 Å². The van der Waals surface area contributed by atoms with E-state index in [1.165, 1.54) is 23.9 Å². The van der Waals surface area contributed by atoms with Gasteiger partial charge in [-0.05, 0) is 12.1 Å². The zero-order valence-corrected chi connectivity index (χ0v) is 11.0. The number of para-hydroxylation sites is 1. The minimum absolute atomic E-state index is 0.0349. The number of alkyl halides is 3. The van der Waals surface area contributed by atoms with Gasteiger partial charge in [0.05, 0.1) is 22.8 Å². The number of rotatable bonds is 1. The summed E-state index contributed by atoms with van der Waals surface area (Å²) in [4.78, 5) is 4.12. The van der Waals surface area contributed by atoms with Gasteiger partial charge in [-0.2, -0.15) is 13.2 Å². The molecule has 1 unspecified atom stereocenters. The zero-order chi connectivity index (χ0) is 13.3. The van der Waals surface area contributed by atoms with Crippen molar-refractivity contribution in [3.05, 3.63) is 28.8 Å². The lowest BCUT2D eigenvalue weighted by Crippen LogP contribution is -2.14. The van der Waals surface area contributed by atoms with Crippen LogP contribution < -0.4 is 5.32 Å². The van der Waals surface area contributed by atoms with Gasteiger partial charge in [0.1, 0.15) is 0 Å². The highest BCUT2D eigenvalue weighted by Crippen LogP contribution is 2.39. The number of amidine groups is 1. The van der Waals surface area contributed by atoms with E-state index < -0.39 is 11.7 Å². The topological polar surface area (TPSA) is 24.4 Å². The van der Waals surface area contributed by atoms with Gasteiger partial charge >= 0.3 is 6.18 Å². The van der Waals surface area contributed by atoms with Crippen LogP contribution in [0.3, 0.4) is 0 Å². The van der Waals surface area contributed by atoms with Gasteiger partial charge in [-0.1, -0.05) is 36.4 Å². The second kappa shape index (κ2) is 5.01. The van der Waals surface area contributed by atoms with Crippen LogP contribution in [0.1, 0.15) is 12.5 Å². The van der Waals surface area contributed by atoms with Crippen molar-refractivity contribution in [3.63, 3.8) is 0 Å². The number of thioether (sulfide) groups is 1. The third-order valence-corrected chi connectivity index (χ3v) is 3.68. The molecule has 1 heterocycles. The van der Waals surface area contributed by atoms with Crippen molar-refractivity contribution >= 4 is 34.2 Å². The molecule has 1 aromatic rings. The number of anilines is 1. The minimum Gasteiger partial charge on any atom is -0.333 e. The SMILES string of the molecule is CC1CN=C(Nc2c(Cl)cccc2C(F)(F)F)S1. The number of hydrogen-bond donors (Lipinski definition) is 1. The Kier molecular flexibility index (Phi) is 3.77. The highest BCUT2D eigenvalue weighted by atomic mass is 35.5. The Bertz CT molecular complexity index is 488. The molecule has 0 spiro atoms. The van der Waals surface area contributed by atoms with Gasteiger partial charge in [-0.25, -0.2) is 0 Å². The number of hydrogen-bond acceptors (Lipinski definition) is 3. The number of nitrogens with one attached hydrogen (secondary N) is 1. The summed E-state index contributed by atoms with van der Waals surface area (Å²) in [5, 5.41) is 3.45. The van der Waals surface area contributed by atoms with Crippen molar-refractivity contribution in [1.82, 2.24) is 0 Å². The van der Waals surface area contributed by atoms with Crippen molar-refractivity contribution in [2.45, 2.75) is 18.3 Å². The second-order valence-electron chi connectivity index (χ2n) is 3.86. The Hall–Kier alpha value is -0.880. The molecule has 0 saturated carbocycles. The third kappa shape index (κ3) is 2.92. The van der Waals surface area contributed by atoms with E-state index in [0.29, 0.717) is 11.7 Å². The molecule has 2 nitrogen and oxygen atoms in total. The Morgan fingerprint density at radius 3 is 2.72 bits per heavy atom. The van der Waals surface area contributed by atoms with Crippen LogP contribution in [-0.4, -0.2) is 17.0 Å². The molecule has 0 radical (unpaired) electrons. The van der Waals surface area contributed by atoms with Gasteiger partial charge in [0.15, 0.2) is 5.17 Å². The molecule has 1 aliphatic heterocycles. The van der Waals surface area contributed by atoms with E-state index in [9.17, 15) is 13.2 Å². The summed E-state index contributed by atoms with van der Waals surface area (Å²) in [5.74, 6) is 0. The molecule has 0 aromatic heterocycles. The normalized spacial score (nSPS) is 19.8. The van der Waals surface area contributed by atoms with Crippen molar-refractivity contribution in [1.29, 1.82) is 0 Å². The lowest BCUT2D eigenvalue weighted by Gasteiger charge is -2.15. The fraction of sp³-hybridized carbons (Fsp3) is 0.364. The van der Waals surface area contributed by atoms with Crippen LogP contribution in [-0.2, 0) is 6.18 Å². The first-order valence-electron chi connectivity index (χ1n) is 5.22. The van der Waals surface area contributed by atoms with Crippen molar-refractivity contribution in [3.8, 4) is 0 Å². The molecule has 98 valence electrons. The minimum atomic E-state index is -4.44. The van der Waals surface area contributed by atoms with E-state index >= 15 is 0 Å². The van der Waals surface area contributed by atoms with Crippen LogP contribution in [0.2, 0.25) is 5.02 Å². The molecular formula is C11H10ClF3N2S. The zero-order valence-electron chi connectivity index (χ0n) is 9.38. The van der Waals surface area contributed by atoms with Crippen LogP contribution >= 0.6 is 23.4 Å². The van der Waals surface area contributed by atoms with Gasteiger partial charge in [0.25, 0.3) is 0 Å². The van der Waals surface area contributed by atoms with Gasteiger partial charge in [-0.15, -0.1) is 0 Å². The number of aliphatic imine (C=N–C) groups is 1. The Morgan fingerprint density at radius 1 is 1.44 bits per heavy atom. The van der Waals surface area contributed by atoms with Gasteiger partial charge in [-0.3, -0.25) is 4.99 Å². The molecular weight excluding hydrogens is 285 g/mol. The standard InChI is InChI=1S/C11H10ClF3N2S/c1-6-5-16-10(18-6)17-9-7(11(13,14)15)3-2-4-8(9)12/h2-4,6H,5H2,1H3,(H,16,17). The van der Waals surface area contributed by atoms with Gasteiger partial charge in [0, 0.05) is 5.25 Å². The number of halogens is 4. The summed E-state index contributed by atoms with van der Waals surface area (Å²) >= 11 is 7.22. The maximum absolute atomic E-state index is 12.8. The van der Waals surface area contributed by atoms with E-state index in [1.54, 1.807) is 0 Å². The van der Waals surface area contributed by atoms with Crippen LogP contribution in [0.4, 0.5) is 18.9 Å². The summed E-state index contributed by atoms with van der Waals surface area (Å²) in [7, 11) is 0. The molecule has 1 N–H and O–H groups in total. The average Bonchev–Trinajstić information content (AvgIpc) is 2.65. The smallest absolute Gasteiger partial charge is 0.333 e. The summed E-state index contributed by atoms with van der Waals surface area (Å²) in [5.41, 5.74) is -0.912. The van der Waals surface area contributed by atoms with E-state index in [2.05, 4.69) is 10.3 Å². The fourth-order valence-corrected chi connectivity index (χ4v) is 2.60. The molecule has 2 rings (SSSR count). The van der Waals surface area contributed by atoms with Gasteiger partial charge in [0.2, 0.25) is 0 Å². The maximum atomic E-state index is 12.8. The molecule has 0 saturated heterocycles. The van der Waals surface area contributed by atoms with E-state index in [-0.39, 0.29) is 16.0 Å². The van der Waals surface area contributed by atoms with Crippen molar-refractivity contribution < 1.29 is 13.2 Å². The molecule has 1 aliphatic rings. The first-order chi connectivity index (χ1) is 8.38. The lowest BCUT2D eigenvalue weighted by atomic mass is 10.1. The molecule has 18 heavy (non-hydrogen) atoms. The largest absolute Gasteiger partial charge is 0.418 e. The van der Waals surface area contributed by atoms with Crippen LogP contribution in [0, 0.1) is 0 Å². The van der Waals surface area contributed by atoms with Gasteiger partial charge < -0.3 is 5.32 Å². The maximum Gasteiger partial charge on any atom is 0.418 e. The third-order valence-electron chi connectivity index (χ3n) is 2.36. The molecule has 0 amide bonds. The quantitative estimate of drug-likeness (QED) is 0.837. The first kappa shape index (κ1) is 13.5. The predicted molar refractivity (Wildman–Crippen MR) is 69.4 cm³/mol.